The lowest BCUT2D eigenvalue weighted by atomic mass is 9.99. The summed E-state index contributed by atoms with van der Waals surface area (Å²) in [4.78, 5) is 2.35. The summed E-state index contributed by atoms with van der Waals surface area (Å²) in [5, 5.41) is 0. The van der Waals surface area contributed by atoms with Gasteiger partial charge in [0.1, 0.15) is 6.67 Å². The fraction of sp³-hybridized carbons (Fsp3) is 1.00. The highest BCUT2D eigenvalue weighted by molar-refractivity contribution is 4.99. The highest BCUT2D eigenvalue weighted by Crippen LogP contribution is 2.42. The first-order valence-electron chi connectivity index (χ1n) is 6.47. The molecule has 1 heterocycles. The number of halogens is 1. The van der Waals surface area contributed by atoms with Gasteiger partial charge < -0.3 is 4.74 Å². The second-order valence-corrected chi connectivity index (χ2v) is 6.14. The number of hydrogen-bond acceptors (Lipinski definition) is 2. The monoisotopic (exact) mass is 229 g/mol. The third kappa shape index (κ3) is 2.57. The maximum absolute atomic E-state index is 12.5. The number of piperidine rings is 1. The van der Waals surface area contributed by atoms with Crippen molar-refractivity contribution in [1.29, 1.82) is 0 Å². The molecular formula is C13H24FNO. The number of fused-ring (bicyclic) bond motifs is 2. The third-order valence-corrected chi connectivity index (χ3v) is 3.91. The van der Waals surface area contributed by atoms with Gasteiger partial charge in [-0.25, -0.2) is 4.39 Å². The molecule has 2 rings (SSSR count). The van der Waals surface area contributed by atoms with E-state index in [1.165, 1.54) is 19.3 Å². The lowest BCUT2D eigenvalue weighted by Gasteiger charge is -2.36. The molecule has 1 saturated heterocycles. The van der Waals surface area contributed by atoms with E-state index in [1.807, 2.05) is 0 Å². The molecule has 3 heteroatoms. The summed E-state index contributed by atoms with van der Waals surface area (Å²) in [6.45, 7) is 7.39. The van der Waals surface area contributed by atoms with E-state index < -0.39 is 0 Å². The van der Waals surface area contributed by atoms with Gasteiger partial charge in [-0.2, -0.15) is 0 Å². The average molecular weight is 229 g/mol. The first-order chi connectivity index (χ1) is 7.51. The van der Waals surface area contributed by atoms with Crippen LogP contribution in [0.4, 0.5) is 4.39 Å². The van der Waals surface area contributed by atoms with Crippen LogP contribution in [0.2, 0.25) is 0 Å². The Hall–Kier alpha value is -0.150. The van der Waals surface area contributed by atoms with E-state index in [9.17, 15) is 4.39 Å². The molecule has 0 aromatic rings. The van der Waals surface area contributed by atoms with Gasteiger partial charge in [-0.05, 0) is 46.0 Å². The van der Waals surface area contributed by atoms with Crippen molar-refractivity contribution in [2.24, 2.45) is 5.92 Å². The molecule has 0 N–H and O–H groups in total. The fourth-order valence-corrected chi connectivity index (χ4v) is 3.20. The quantitative estimate of drug-likeness (QED) is 0.735. The second kappa shape index (κ2) is 4.61. The van der Waals surface area contributed by atoms with E-state index >= 15 is 0 Å². The summed E-state index contributed by atoms with van der Waals surface area (Å²) >= 11 is 0. The van der Waals surface area contributed by atoms with Crippen molar-refractivity contribution in [3.05, 3.63) is 0 Å². The van der Waals surface area contributed by atoms with Crippen molar-refractivity contribution in [3.63, 3.8) is 0 Å². The van der Waals surface area contributed by atoms with Crippen molar-refractivity contribution in [1.82, 2.24) is 4.90 Å². The number of ether oxygens (including phenoxy) is 1. The lowest BCUT2D eigenvalue weighted by molar-refractivity contribution is -0.0454. The summed E-state index contributed by atoms with van der Waals surface area (Å²) in [5.41, 5.74) is -0.0801. The molecule has 0 aromatic heterocycles. The van der Waals surface area contributed by atoms with Crippen molar-refractivity contribution in [3.8, 4) is 0 Å². The zero-order valence-corrected chi connectivity index (χ0v) is 10.7. The van der Waals surface area contributed by atoms with Crippen LogP contribution in [0.3, 0.4) is 0 Å². The van der Waals surface area contributed by atoms with Crippen molar-refractivity contribution in [2.45, 2.75) is 57.7 Å². The molecule has 94 valence electrons. The van der Waals surface area contributed by atoms with Crippen molar-refractivity contribution < 1.29 is 9.13 Å². The summed E-state index contributed by atoms with van der Waals surface area (Å²) in [5.74, 6) is 0.749. The van der Waals surface area contributed by atoms with E-state index in [0.717, 1.165) is 12.5 Å². The molecule has 0 amide bonds. The van der Waals surface area contributed by atoms with Crippen LogP contribution in [0.5, 0.6) is 0 Å². The number of likely N-dealkylation sites (tertiary alicyclic amines) is 1. The fourth-order valence-electron chi connectivity index (χ4n) is 3.20. The van der Waals surface area contributed by atoms with Gasteiger partial charge in [-0.15, -0.1) is 0 Å². The van der Waals surface area contributed by atoms with Crippen molar-refractivity contribution in [2.75, 3.05) is 19.8 Å². The van der Waals surface area contributed by atoms with E-state index in [1.54, 1.807) is 0 Å². The van der Waals surface area contributed by atoms with E-state index in [2.05, 4.69) is 25.7 Å². The minimum absolute atomic E-state index is 0.0801. The van der Waals surface area contributed by atoms with Gasteiger partial charge in [0.2, 0.25) is 0 Å². The molecule has 16 heavy (non-hydrogen) atoms. The normalized spacial score (nSPS) is 34.9. The molecule has 0 aromatic carbocycles. The Kier molecular flexibility index (Phi) is 3.55. The van der Waals surface area contributed by atoms with Crippen LogP contribution in [0, 0.1) is 5.92 Å². The van der Waals surface area contributed by atoms with Crippen LogP contribution in [-0.2, 0) is 4.74 Å². The van der Waals surface area contributed by atoms with Gasteiger partial charge in [0.15, 0.2) is 0 Å². The summed E-state index contributed by atoms with van der Waals surface area (Å²) < 4.78 is 18.4. The minimum Gasteiger partial charge on any atom is -0.374 e. The molecule has 2 nitrogen and oxygen atoms in total. The molecule has 0 spiro atoms. The Balaban J connectivity index is 1.91. The summed E-state index contributed by atoms with van der Waals surface area (Å²) in [6.07, 6.45) is 3.83. The zero-order chi connectivity index (χ0) is 11.8. The maximum atomic E-state index is 12.5. The average Bonchev–Trinajstić information content (AvgIpc) is 2.74. The second-order valence-electron chi connectivity index (χ2n) is 6.14. The van der Waals surface area contributed by atoms with Crippen LogP contribution < -0.4 is 0 Å². The molecule has 2 aliphatic rings. The Morgan fingerprint density at radius 1 is 1.31 bits per heavy atom. The van der Waals surface area contributed by atoms with E-state index in [-0.39, 0.29) is 12.3 Å². The molecule has 1 saturated carbocycles. The topological polar surface area (TPSA) is 12.5 Å². The largest absolute Gasteiger partial charge is 0.374 e. The van der Waals surface area contributed by atoms with Gasteiger partial charge in [-0.1, -0.05) is 0 Å². The molecule has 3 atom stereocenters. The first kappa shape index (κ1) is 12.3. The Morgan fingerprint density at radius 3 is 2.69 bits per heavy atom. The van der Waals surface area contributed by atoms with Crippen LogP contribution in [0.15, 0.2) is 0 Å². The third-order valence-electron chi connectivity index (χ3n) is 3.91. The first-order valence-corrected chi connectivity index (χ1v) is 6.47. The highest BCUT2D eigenvalue weighted by Gasteiger charge is 2.45. The highest BCUT2D eigenvalue weighted by atomic mass is 19.1. The minimum atomic E-state index is -0.227. The predicted molar refractivity (Wildman–Crippen MR) is 63.3 cm³/mol. The molecule has 1 aliphatic heterocycles. The Labute approximate surface area is 98.1 Å². The molecule has 0 radical (unpaired) electrons. The number of nitrogens with zero attached hydrogens (tertiary/aromatic N) is 1. The van der Waals surface area contributed by atoms with E-state index in [4.69, 9.17) is 4.74 Å². The Morgan fingerprint density at radius 2 is 2.06 bits per heavy atom. The maximum Gasteiger partial charge on any atom is 0.102 e. The predicted octanol–water partition coefficient (Wildman–Crippen LogP) is 2.62. The lowest BCUT2D eigenvalue weighted by Crippen LogP contribution is -2.45. The Bertz CT molecular complexity index is 239. The zero-order valence-electron chi connectivity index (χ0n) is 10.7. The molecule has 2 fully saturated rings. The van der Waals surface area contributed by atoms with E-state index in [0.29, 0.717) is 18.6 Å². The van der Waals surface area contributed by atoms with Crippen LogP contribution >= 0.6 is 0 Å². The SMILES string of the molecule is CC(C)(C)OCC1[C@@H]2CCC(C2)N1CCF. The summed E-state index contributed by atoms with van der Waals surface area (Å²) in [6, 6.07) is 1.10. The van der Waals surface area contributed by atoms with Gasteiger partial charge in [-0.3, -0.25) is 4.90 Å². The summed E-state index contributed by atoms with van der Waals surface area (Å²) in [7, 11) is 0. The molecule has 1 aliphatic carbocycles. The van der Waals surface area contributed by atoms with Crippen molar-refractivity contribution >= 4 is 0 Å². The standard InChI is InChI=1S/C13H24FNO/c1-13(2,3)16-9-12-10-4-5-11(8-10)15(12)7-6-14/h10-12H,4-9H2,1-3H3/t10-,11?,12?/m1/s1. The number of rotatable bonds is 4. The smallest absolute Gasteiger partial charge is 0.102 e. The molecular weight excluding hydrogens is 205 g/mol. The van der Waals surface area contributed by atoms with Crippen LogP contribution in [-0.4, -0.2) is 42.4 Å². The molecule has 2 bridgehead atoms. The number of hydrogen-bond donors (Lipinski definition) is 0. The van der Waals surface area contributed by atoms with Crippen LogP contribution in [0.25, 0.3) is 0 Å². The molecule has 2 unspecified atom stereocenters. The van der Waals surface area contributed by atoms with Crippen LogP contribution in [0.1, 0.15) is 40.0 Å². The number of alkyl halides is 1. The van der Waals surface area contributed by atoms with Gasteiger partial charge in [0.05, 0.1) is 12.2 Å². The van der Waals surface area contributed by atoms with Gasteiger partial charge in [0.25, 0.3) is 0 Å². The van der Waals surface area contributed by atoms with Gasteiger partial charge >= 0.3 is 0 Å². The van der Waals surface area contributed by atoms with Gasteiger partial charge in [0, 0.05) is 18.6 Å².